The Labute approximate surface area is 128 Å². The lowest BCUT2D eigenvalue weighted by Crippen LogP contribution is -2.09. The fraction of sp³-hybridized carbons (Fsp3) is 0.188. The highest BCUT2D eigenvalue weighted by Crippen LogP contribution is 2.30. The maximum absolute atomic E-state index is 9.42. The number of nitrogens with one attached hydrogen (secondary N) is 1. The van der Waals surface area contributed by atoms with Gasteiger partial charge in [0.25, 0.3) is 0 Å². The fourth-order valence-corrected chi connectivity index (χ4v) is 2.11. The molecule has 0 aromatic heterocycles. The van der Waals surface area contributed by atoms with Gasteiger partial charge in [0.05, 0.1) is 31.0 Å². The van der Waals surface area contributed by atoms with E-state index < -0.39 is 6.04 Å². The molecule has 5 heteroatoms. The largest absolute Gasteiger partial charge is 0.497 e. The van der Waals surface area contributed by atoms with Gasteiger partial charge in [0.1, 0.15) is 17.5 Å². The van der Waals surface area contributed by atoms with E-state index in [1.807, 2.05) is 18.2 Å². The van der Waals surface area contributed by atoms with Crippen molar-refractivity contribution < 1.29 is 9.47 Å². The Morgan fingerprint density at radius 2 is 1.71 bits per heavy atom. The molecule has 0 aliphatic heterocycles. The van der Waals surface area contributed by atoms with Crippen molar-refractivity contribution in [2.24, 2.45) is 0 Å². The zero-order chi connectivity index (χ0) is 15.2. The molecular weight excluding hydrogens is 288 g/mol. The number of para-hydroxylation sites is 1. The van der Waals surface area contributed by atoms with Crippen molar-refractivity contribution >= 4 is 17.3 Å². The highest BCUT2D eigenvalue weighted by Gasteiger charge is 2.14. The number of rotatable bonds is 5. The van der Waals surface area contributed by atoms with Crippen LogP contribution in [0.1, 0.15) is 11.6 Å². The van der Waals surface area contributed by atoms with Gasteiger partial charge in [0.15, 0.2) is 0 Å². The molecule has 1 unspecified atom stereocenters. The lowest BCUT2D eigenvalue weighted by atomic mass is 10.1. The molecule has 2 aromatic carbocycles. The summed E-state index contributed by atoms with van der Waals surface area (Å²) in [5.74, 6) is 1.26. The lowest BCUT2D eigenvalue weighted by Gasteiger charge is -2.16. The van der Waals surface area contributed by atoms with Crippen molar-refractivity contribution in [1.29, 1.82) is 5.26 Å². The van der Waals surface area contributed by atoms with Gasteiger partial charge in [-0.15, -0.1) is 0 Å². The Kier molecular flexibility index (Phi) is 4.91. The summed E-state index contributed by atoms with van der Waals surface area (Å²) in [5.41, 5.74) is 1.45. The van der Waals surface area contributed by atoms with Crippen molar-refractivity contribution in [2.75, 3.05) is 19.5 Å². The first-order chi connectivity index (χ1) is 10.2. The normalized spacial score (nSPS) is 11.3. The van der Waals surface area contributed by atoms with E-state index in [9.17, 15) is 5.26 Å². The van der Waals surface area contributed by atoms with Crippen LogP contribution in [0.2, 0.25) is 5.02 Å². The topological polar surface area (TPSA) is 54.3 Å². The molecule has 108 valence electrons. The van der Waals surface area contributed by atoms with E-state index in [1.165, 1.54) is 0 Å². The van der Waals surface area contributed by atoms with Crippen LogP contribution in [0.15, 0.2) is 42.5 Å². The second-order valence-electron chi connectivity index (χ2n) is 4.33. The number of hydrogen-bond donors (Lipinski definition) is 1. The van der Waals surface area contributed by atoms with E-state index in [4.69, 9.17) is 21.1 Å². The summed E-state index contributed by atoms with van der Waals surface area (Å²) < 4.78 is 10.4. The number of nitriles is 1. The number of benzene rings is 2. The minimum atomic E-state index is -0.561. The maximum atomic E-state index is 9.42. The van der Waals surface area contributed by atoms with Crippen LogP contribution >= 0.6 is 11.6 Å². The molecule has 1 atom stereocenters. The molecule has 0 saturated carbocycles. The summed E-state index contributed by atoms with van der Waals surface area (Å²) in [6.45, 7) is 0. The quantitative estimate of drug-likeness (QED) is 0.906. The van der Waals surface area contributed by atoms with E-state index in [1.54, 1.807) is 38.5 Å². The van der Waals surface area contributed by atoms with Crippen LogP contribution in [0.25, 0.3) is 0 Å². The third-order valence-corrected chi connectivity index (χ3v) is 3.34. The molecule has 0 aliphatic carbocycles. The summed E-state index contributed by atoms with van der Waals surface area (Å²) >= 11 is 6.11. The smallest absolute Gasteiger partial charge is 0.140 e. The number of anilines is 1. The molecule has 0 radical (unpaired) electrons. The van der Waals surface area contributed by atoms with Crippen LogP contribution in [-0.2, 0) is 0 Å². The SMILES string of the molecule is COc1cc(OC)cc(C(C#N)Nc2ccccc2Cl)c1. The van der Waals surface area contributed by atoms with Gasteiger partial charge in [0, 0.05) is 6.07 Å². The zero-order valence-corrected chi connectivity index (χ0v) is 12.5. The number of hydrogen-bond acceptors (Lipinski definition) is 4. The number of halogens is 1. The average Bonchev–Trinajstić information content (AvgIpc) is 2.53. The van der Waals surface area contributed by atoms with E-state index in [2.05, 4.69) is 11.4 Å². The molecule has 0 spiro atoms. The van der Waals surface area contributed by atoms with Crippen LogP contribution in [0.5, 0.6) is 11.5 Å². The number of nitrogens with zero attached hydrogens (tertiary/aromatic N) is 1. The van der Waals surface area contributed by atoms with Crippen molar-refractivity contribution in [3.05, 3.63) is 53.1 Å². The molecule has 0 bridgehead atoms. The second-order valence-corrected chi connectivity index (χ2v) is 4.74. The summed E-state index contributed by atoms with van der Waals surface area (Å²) in [6.07, 6.45) is 0. The summed E-state index contributed by atoms with van der Waals surface area (Å²) in [4.78, 5) is 0. The van der Waals surface area contributed by atoms with E-state index >= 15 is 0 Å². The third kappa shape index (κ3) is 3.59. The molecule has 0 heterocycles. The van der Waals surface area contributed by atoms with Crippen molar-refractivity contribution in [1.82, 2.24) is 0 Å². The van der Waals surface area contributed by atoms with Crippen molar-refractivity contribution in [3.8, 4) is 17.6 Å². The maximum Gasteiger partial charge on any atom is 0.140 e. The molecule has 0 fully saturated rings. The minimum Gasteiger partial charge on any atom is -0.497 e. The molecule has 2 aromatic rings. The Morgan fingerprint density at radius 1 is 1.10 bits per heavy atom. The minimum absolute atomic E-state index is 0.561. The average molecular weight is 303 g/mol. The Bertz CT molecular complexity index is 645. The lowest BCUT2D eigenvalue weighted by molar-refractivity contribution is 0.393. The predicted molar refractivity (Wildman–Crippen MR) is 83.0 cm³/mol. The van der Waals surface area contributed by atoms with Gasteiger partial charge in [-0.1, -0.05) is 23.7 Å². The van der Waals surface area contributed by atoms with E-state index in [0.717, 1.165) is 5.56 Å². The van der Waals surface area contributed by atoms with Crippen LogP contribution in [0.3, 0.4) is 0 Å². The molecular formula is C16H15ClN2O2. The van der Waals surface area contributed by atoms with Crippen molar-refractivity contribution in [3.63, 3.8) is 0 Å². The monoisotopic (exact) mass is 302 g/mol. The van der Waals surface area contributed by atoms with Crippen LogP contribution < -0.4 is 14.8 Å². The highest BCUT2D eigenvalue weighted by molar-refractivity contribution is 6.33. The highest BCUT2D eigenvalue weighted by atomic mass is 35.5. The fourth-order valence-electron chi connectivity index (χ4n) is 1.92. The zero-order valence-electron chi connectivity index (χ0n) is 11.8. The van der Waals surface area contributed by atoms with Gasteiger partial charge in [-0.25, -0.2) is 0 Å². The van der Waals surface area contributed by atoms with E-state index in [-0.39, 0.29) is 0 Å². The number of ether oxygens (including phenoxy) is 2. The molecule has 0 saturated heterocycles. The van der Waals surface area contributed by atoms with Gasteiger partial charge in [-0.2, -0.15) is 5.26 Å². The number of methoxy groups -OCH3 is 2. The summed E-state index contributed by atoms with van der Waals surface area (Å²) in [6, 6.07) is 14.3. The predicted octanol–water partition coefficient (Wildman–Crippen LogP) is 4.03. The molecule has 0 aliphatic rings. The Morgan fingerprint density at radius 3 is 2.24 bits per heavy atom. The first-order valence-electron chi connectivity index (χ1n) is 6.31. The molecule has 1 N–H and O–H groups in total. The van der Waals surface area contributed by atoms with Crippen molar-refractivity contribution in [2.45, 2.75) is 6.04 Å². The third-order valence-electron chi connectivity index (χ3n) is 3.01. The van der Waals surface area contributed by atoms with Gasteiger partial charge in [-0.3, -0.25) is 0 Å². The molecule has 0 amide bonds. The Balaban J connectivity index is 2.34. The van der Waals surface area contributed by atoms with Gasteiger partial charge >= 0.3 is 0 Å². The standard InChI is InChI=1S/C16H15ClN2O2/c1-20-12-7-11(8-13(9-12)21-2)16(10-18)19-15-6-4-3-5-14(15)17/h3-9,16,19H,1-2H3. The van der Waals surface area contributed by atoms with Crippen LogP contribution in [-0.4, -0.2) is 14.2 Å². The van der Waals surface area contributed by atoms with Gasteiger partial charge in [0.2, 0.25) is 0 Å². The van der Waals surface area contributed by atoms with E-state index in [0.29, 0.717) is 22.2 Å². The first kappa shape index (κ1) is 15.0. The summed E-state index contributed by atoms with van der Waals surface area (Å²) in [5, 5.41) is 13.1. The van der Waals surface area contributed by atoms with Gasteiger partial charge < -0.3 is 14.8 Å². The Hall–Kier alpha value is -2.38. The second kappa shape index (κ2) is 6.87. The molecule has 4 nitrogen and oxygen atoms in total. The first-order valence-corrected chi connectivity index (χ1v) is 6.69. The molecule has 21 heavy (non-hydrogen) atoms. The van der Waals surface area contributed by atoms with Crippen LogP contribution in [0, 0.1) is 11.3 Å². The summed E-state index contributed by atoms with van der Waals surface area (Å²) in [7, 11) is 3.14. The van der Waals surface area contributed by atoms with Crippen LogP contribution in [0.4, 0.5) is 5.69 Å². The molecule has 2 rings (SSSR count). The van der Waals surface area contributed by atoms with Gasteiger partial charge in [-0.05, 0) is 29.8 Å².